The summed E-state index contributed by atoms with van der Waals surface area (Å²) in [6.07, 6.45) is 0.535. The van der Waals surface area contributed by atoms with E-state index in [2.05, 4.69) is 0 Å². The van der Waals surface area contributed by atoms with Crippen LogP contribution in [0.15, 0.2) is 30.3 Å². The van der Waals surface area contributed by atoms with E-state index in [0.717, 1.165) is 5.56 Å². The monoisotopic (exact) mass is 304 g/mol. The van der Waals surface area contributed by atoms with Gasteiger partial charge in [0.2, 0.25) is 0 Å². The number of benzene rings is 1. The SMILES string of the molecule is ClC(Cl)(Cl)CC(Cl)(Cl)Cc1ccccc1. The van der Waals surface area contributed by atoms with Crippen molar-refractivity contribution in [2.75, 3.05) is 0 Å². The average Bonchev–Trinajstić information content (AvgIpc) is 1.99. The van der Waals surface area contributed by atoms with Gasteiger partial charge in [-0.1, -0.05) is 65.1 Å². The third kappa shape index (κ3) is 6.09. The molecule has 0 aliphatic rings. The molecule has 0 spiro atoms. The van der Waals surface area contributed by atoms with Crippen molar-refractivity contribution in [3.8, 4) is 0 Å². The first-order chi connectivity index (χ1) is 6.79. The molecule has 1 aromatic carbocycles. The summed E-state index contributed by atoms with van der Waals surface area (Å²) in [5, 5.41) is 0. The Kier molecular flexibility index (Phi) is 4.88. The second kappa shape index (κ2) is 5.33. The molecule has 0 saturated heterocycles. The van der Waals surface area contributed by atoms with Crippen LogP contribution in [-0.2, 0) is 6.42 Å². The molecule has 0 aliphatic carbocycles. The van der Waals surface area contributed by atoms with Crippen LogP contribution in [0.3, 0.4) is 0 Å². The van der Waals surface area contributed by atoms with Gasteiger partial charge in [-0.2, -0.15) is 0 Å². The Bertz CT molecular complexity index is 301. The fourth-order valence-electron chi connectivity index (χ4n) is 1.25. The Labute approximate surface area is 114 Å². The number of alkyl halides is 5. The summed E-state index contributed by atoms with van der Waals surface area (Å²) in [4.78, 5) is 0. The predicted octanol–water partition coefficient (Wildman–Crippen LogP) is 5.16. The van der Waals surface area contributed by atoms with Gasteiger partial charge in [-0.05, 0) is 5.56 Å². The van der Waals surface area contributed by atoms with E-state index in [4.69, 9.17) is 58.0 Å². The highest BCUT2D eigenvalue weighted by Crippen LogP contribution is 2.42. The molecule has 0 aliphatic heterocycles. The van der Waals surface area contributed by atoms with Gasteiger partial charge in [0.15, 0.2) is 3.79 Å². The zero-order chi connectivity index (χ0) is 11.5. The molecule has 0 fully saturated rings. The maximum atomic E-state index is 6.07. The Morgan fingerprint density at radius 3 is 1.87 bits per heavy atom. The van der Waals surface area contributed by atoms with E-state index in [0.29, 0.717) is 6.42 Å². The Morgan fingerprint density at radius 2 is 1.40 bits per heavy atom. The lowest BCUT2D eigenvalue weighted by Crippen LogP contribution is -2.23. The van der Waals surface area contributed by atoms with Crippen LogP contribution in [0.4, 0.5) is 0 Å². The molecule has 84 valence electrons. The van der Waals surface area contributed by atoms with Crippen molar-refractivity contribution < 1.29 is 0 Å². The molecule has 1 aromatic rings. The van der Waals surface area contributed by atoms with E-state index in [9.17, 15) is 0 Å². The molecular weight excluding hydrogens is 297 g/mol. The van der Waals surface area contributed by atoms with Crippen molar-refractivity contribution in [1.82, 2.24) is 0 Å². The van der Waals surface area contributed by atoms with Gasteiger partial charge in [0.25, 0.3) is 0 Å². The van der Waals surface area contributed by atoms with Gasteiger partial charge in [-0.3, -0.25) is 0 Å². The number of rotatable bonds is 3. The van der Waals surface area contributed by atoms with Crippen molar-refractivity contribution in [2.45, 2.75) is 21.0 Å². The van der Waals surface area contributed by atoms with Crippen molar-refractivity contribution >= 4 is 58.0 Å². The van der Waals surface area contributed by atoms with E-state index in [1.165, 1.54) is 0 Å². The maximum Gasteiger partial charge on any atom is 0.193 e. The van der Waals surface area contributed by atoms with Crippen molar-refractivity contribution in [3.05, 3.63) is 35.9 Å². The first kappa shape index (κ1) is 13.7. The molecule has 1 rings (SSSR count). The van der Waals surface area contributed by atoms with E-state index in [1.807, 2.05) is 30.3 Å². The topological polar surface area (TPSA) is 0 Å². The van der Waals surface area contributed by atoms with Crippen LogP contribution in [-0.4, -0.2) is 8.13 Å². The zero-order valence-electron chi connectivity index (χ0n) is 7.69. The molecule has 0 amide bonds. The summed E-state index contributed by atoms with van der Waals surface area (Å²) in [5.74, 6) is 0. The number of hydrogen-bond acceptors (Lipinski definition) is 0. The van der Waals surface area contributed by atoms with Crippen LogP contribution in [0, 0.1) is 0 Å². The van der Waals surface area contributed by atoms with Crippen molar-refractivity contribution in [3.63, 3.8) is 0 Å². The highest BCUT2D eigenvalue weighted by Gasteiger charge is 2.35. The van der Waals surface area contributed by atoms with E-state index < -0.39 is 8.13 Å². The molecule has 0 heterocycles. The Balaban J connectivity index is 2.65. The first-order valence-corrected chi connectivity index (χ1v) is 6.16. The highest BCUT2D eigenvalue weighted by molar-refractivity contribution is 6.68. The molecule has 0 saturated carbocycles. The minimum atomic E-state index is -1.43. The third-order valence-electron chi connectivity index (χ3n) is 1.76. The van der Waals surface area contributed by atoms with Crippen LogP contribution in [0.1, 0.15) is 12.0 Å². The molecule has 0 atom stereocenters. The highest BCUT2D eigenvalue weighted by atomic mass is 35.6. The maximum absolute atomic E-state index is 6.07. The molecule has 0 unspecified atom stereocenters. The van der Waals surface area contributed by atoms with Crippen LogP contribution in [0.2, 0.25) is 0 Å². The number of hydrogen-bond donors (Lipinski definition) is 0. The summed E-state index contributed by atoms with van der Waals surface area (Å²) in [6.45, 7) is 0. The molecule has 0 N–H and O–H groups in total. The Hall–Kier alpha value is 0.670. The van der Waals surface area contributed by atoms with Gasteiger partial charge in [0, 0.05) is 12.8 Å². The summed E-state index contributed by atoms with van der Waals surface area (Å²) >= 11 is 29.1. The lowest BCUT2D eigenvalue weighted by molar-refractivity contribution is 0.701. The van der Waals surface area contributed by atoms with Gasteiger partial charge in [0.1, 0.15) is 4.33 Å². The Morgan fingerprint density at radius 1 is 0.867 bits per heavy atom. The second-order valence-corrected chi connectivity index (χ2v) is 7.47. The summed E-state index contributed by atoms with van der Waals surface area (Å²) in [7, 11) is 0. The summed E-state index contributed by atoms with van der Waals surface area (Å²) in [6, 6.07) is 9.60. The molecular formula is C10H9Cl5. The average molecular weight is 306 g/mol. The largest absolute Gasteiger partial charge is 0.193 e. The van der Waals surface area contributed by atoms with Crippen molar-refractivity contribution in [1.29, 1.82) is 0 Å². The fourth-order valence-corrected chi connectivity index (χ4v) is 3.05. The second-order valence-electron chi connectivity index (χ2n) is 3.31. The molecule has 0 bridgehead atoms. The van der Waals surface area contributed by atoms with Gasteiger partial charge < -0.3 is 0 Å². The van der Waals surface area contributed by atoms with Crippen molar-refractivity contribution in [2.24, 2.45) is 0 Å². The quantitative estimate of drug-likeness (QED) is 0.676. The fraction of sp³-hybridized carbons (Fsp3) is 0.400. The molecule has 15 heavy (non-hydrogen) atoms. The van der Waals surface area contributed by atoms with Gasteiger partial charge in [-0.15, -0.1) is 23.2 Å². The minimum Gasteiger partial charge on any atom is -0.101 e. The van der Waals surface area contributed by atoms with E-state index >= 15 is 0 Å². The van der Waals surface area contributed by atoms with E-state index in [-0.39, 0.29) is 6.42 Å². The standard InChI is InChI=1S/C10H9Cl5/c11-9(12,7-10(13,14)15)6-8-4-2-1-3-5-8/h1-5H,6-7H2. The molecule has 5 heteroatoms. The van der Waals surface area contributed by atoms with Crippen LogP contribution in [0.5, 0.6) is 0 Å². The number of halogens is 5. The van der Waals surface area contributed by atoms with E-state index in [1.54, 1.807) is 0 Å². The normalized spacial score (nSPS) is 12.9. The smallest absolute Gasteiger partial charge is 0.101 e. The van der Waals surface area contributed by atoms with Crippen LogP contribution in [0.25, 0.3) is 0 Å². The zero-order valence-corrected chi connectivity index (χ0v) is 11.5. The molecule has 0 aromatic heterocycles. The third-order valence-corrected chi connectivity index (χ3v) is 2.70. The molecule has 0 nitrogen and oxygen atoms in total. The van der Waals surface area contributed by atoms with Gasteiger partial charge in [-0.25, -0.2) is 0 Å². The predicted molar refractivity (Wildman–Crippen MR) is 69.5 cm³/mol. The minimum absolute atomic E-state index is 0.0860. The van der Waals surface area contributed by atoms with Crippen LogP contribution < -0.4 is 0 Å². The molecule has 0 radical (unpaired) electrons. The summed E-state index contributed by atoms with van der Waals surface area (Å²) < 4.78 is -2.50. The van der Waals surface area contributed by atoms with Crippen LogP contribution >= 0.6 is 58.0 Å². The first-order valence-electron chi connectivity index (χ1n) is 4.27. The summed E-state index contributed by atoms with van der Waals surface area (Å²) in [5.41, 5.74) is 1.01. The van der Waals surface area contributed by atoms with Gasteiger partial charge >= 0.3 is 0 Å². The lowest BCUT2D eigenvalue weighted by Gasteiger charge is -2.23. The lowest BCUT2D eigenvalue weighted by atomic mass is 10.1. The van der Waals surface area contributed by atoms with Gasteiger partial charge in [0.05, 0.1) is 0 Å².